The summed E-state index contributed by atoms with van der Waals surface area (Å²) in [6.45, 7) is 4.49. The van der Waals surface area contributed by atoms with Crippen molar-refractivity contribution in [3.8, 4) is 0 Å². The number of ether oxygens (including phenoxy) is 1. The number of hydrogen-bond acceptors (Lipinski definition) is 3. The van der Waals surface area contributed by atoms with E-state index in [1.165, 1.54) is 12.1 Å². The van der Waals surface area contributed by atoms with E-state index in [1.807, 2.05) is 0 Å². The Kier molecular flexibility index (Phi) is 4.15. The molecule has 0 unspecified atom stereocenters. The van der Waals surface area contributed by atoms with E-state index in [1.54, 1.807) is 0 Å². The van der Waals surface area contributed by atoms with Crippen LogP contribution in [0.25, 0.3) is 0 Å². The van der Waals surface area contributed by atoms with Crippen LogP contribution in [0.5, 0.6) is 0 Å². The third-order valence-electron chi connectivity index (χ3n) is 4.10. The van der Waals surface area contributed by atoms with Crippen molar-refractivity contribution < 1.29 is 13.9 Å². The minimum atomic E-state index is -0.444. The molecule has 2 heterocycles. The van der Waals surface area contributed by atoms with Crippen LogP contribution >= 0.6 is 11.6 Å². The van der Waals surface area contributed by atoms with Gasteiger partial charge in [0.1, 0.15) is 5.82 Å². The second-order valence-corrected chi connectivity index (χ2v) is 6.19. The van der Waals surface area contributed by atoms with Crippen molar-refractivity contribution in [3.05, 3.63) is 34.6 Å². The van der Waals surface area contributed by atoms with Crippen molar-refractivity contribution in [1.82, 2.24) is 10.2 Å². The Morgan fingerprint density at radius 2 is 2.29 bits per heavy atom. The molecule has 0 radical (unpaired) electrons. The molecule has 0 bridgehead atoms. The van der Waals surface area contributed by atoms with Gasteiger partial charge in [0.15, 0.2) is 0 Å². The van der Waals surface area contributed by atoms with Crippen LogP contribution in [0.4, 0.5) is 4.39 Å². The Hall–Kier alpha value is -1.17. The van der Waals surface area contributed by atoms with Gasteiger partial charge in [0.05, 0.1) is 23.3 Å². The van der Waals surface area contributed by atoms with Crippen molar-refractivity contribution in [3.63, 3.8) is 0 Å². The average Bonchev–Trinajstić information content (AvgIpc) is 2.79. The van der Waals surface area contributed by atoms with Crippen LogP contribution in [0.15, 0.2) is 18.2 Å². The fourth-order valence-electron chi connectivity index (χ4n) is 3.08. The SMILES string of the molecule is C[C@@H]1CN2C[C@@H](NC(=O)c3ccc(F)cc3Cl)C[C@H]2CO1. The van der Waals surface area contributed by atoms with E-state index in [4.69, 9.17) is 16.3 Å². The lowest BCUT2D eigenvalue weighted by atomic mass is 10.1. The summed E-state index contributed by atoms with van der Waals surface area (Å²) in [6, 6.07) is 4.27. The molecule has 1 N–H and O–H groups in total. The van der Waals surface area contributed by atoms with E-state index in [9.17, 15) is 9.18 Å². The van der Waals surface area contributed by atoms with Crippen molar-refractivity contribution in [2.24, 2.45) is 0 Å². The molecule has 2 saturated heterocycles. The van der Waals surface area contributed by atoms with Gasteiger partial charge in [-0.2, -0.15) is 0 Å². The average molecular weight is 313 g/mol. The largest absolute Gasteiger partial charge is 0.376 e. The lowest BCUT2D eigenvalue weighted by Gasteiger charge is -2.33. The molecule has 6 heteroatoms. The van der Waals surface area contributed by atoms with Gasteiger partial charge in [-0.25, -0.2) is 4.39 Å². The summed E-state index contributed by atoms with van der Waals surface area (Å²) < 4.78 is 18.7. The molecule has 114 valence electrons. The Morgan fingerprint density at radius 3 is 3.05 bits per heavy atom. The fraction of sp³-hybridized carbons (Fsp3) is 0.533. The van der Waals surface area contributed by atoms with E-state index in [0.717, 1.165) is 25.6 Å². The van der Waals surface area contributed by atoms with Crippen LogP contribution in [0.3, 0.4) is 0 Å². The number of rotatable bonds is 2. The first kappa shape index (κ1) is 14.8. The summed E-state index contributed by atoms with van der Waals surface area (Å²) in [5.41, 5.74) is 0.313. The van der Waals surface area contributed by atoms with Gasteiger partial charge >= 0.3 is 0 Å². The summed E-state index contributed by atoms with van der Waals surface area (Å²) in [7, 11) is 0. The molecule has 2 aliphatic heterocycles. The first-order chi connectivity index (χ1) is 10.0. The first-order valence-corrected chi connectivity index (χ1v) is 7.52. The molecule has 0 aromatic heterocycles. The van der Waals surface area contributed by atoms with Crippen molar-refractivity contribution in [2.45, 2.75) is 31.5 Å². The van der Waals surface area contributed by atoms with Crippen LogP contribution in [0.1, 0.15) is 23.7 Å². The number of halogens is 2. The standard InChI is InChI=1S/C15H18ClFN2O2/c1-9-6-19-7-11(5-12(19)8-21-9)18-15(20)13-3-2-10(17)4-14(13)16/h2-4,9,11-12H,5-8H2,1H3,(H,18,20)/t9-,11+,12+/m1/s1. The van der Waals surface area contributed by atoms with E-state index >= 15 is 0 Å². The van der Waals surface area contributed by atoms with Crippen molar-refractivity contribution in [2.75, 3.05) is 19.7 Å². The molecule has 3 atom stereocenters. The zero-order valence-electron chi connectivity index (χ0n) is 11.8. The second-order valence-electron chi connectivity index (χ2n) is 5.78. The third kappa shape index (κ3) is 3.20. The normalized spacial score (nSPS) is 29.2. The lowest BCUT2D eigenvalue weighted by molar-refractivity contribution is -0.0390. The molecule has 1 aromatic carbocycles. The molecule has 2 fully saturated rings. The number of nitrogens with zero attached hydrogens (tertiary/aromatic N) is 1. The maximum absolute atomic E-state index is 13.0. The van der Waals surface area contributed by atoms with Crippen LogP contribution < -0.4 is 5.32 Å². The highest BCUT2D eigenvalue weighted by Gasteiger charge is 2.36. The second kappa shape index (κ2) is 5.91. The highest BCUT2D eigenvalue weighted by molar-refractivity contribution is 6.33. The van der Waals surface area contributed by atoms with Gasteiger partial charge in [-0.05, 0) is 31.5 Å². The minimum absolute atomic E-state index is 0.0810. The molecular formula is C15H18ClFN2O2. The predicted molar refractivity (Wildman–Crippen MR) is 78.1 cm³/mol. The van der Waals surface area contributed by atoms with Crippen LogP contribution in [-0.2, 0) is 4.74 Å². The van der Waals surface area contributed by atoms with Gasteiger partial charge in [-0.1, -0.05) is 11.6 Å². The summed E-state index contributed by atoms with van der Waals surface area (Å²) in [5.74, 6) is -0.695. The minimum Gasteiger partial charge on any atom is -0.376 e. The molecule has 3 rings (SSSR count). The van der Waals surface area contributed by atoms with E-state index in [0.29, 0.717) is 18.2 Å². The number of amides is 1. The Labute approximate surface area is 128 Å². The lowest BCUT2D eigenvalue weighted by Crippen LogP contribution is -2.45. The van der Waals surface area contributed by atoms with Gasteiger partial charge in [0.2, 0.25) is 0 Å². The Balaban J connectivity index is 1.63. The predicted octanol–water partition coefficient (Wildman–Crippen LogP) is 2.07. The Bertz CT molecular complexity index is 554. The zero-order chi connectivity index (χ0) is 15.0. The molecule has 1 aromatic rings. The maximum Gasteiger partial charge on any atom is 0.253 e. The highest BCUT2D eigenvalue weighted by Crippen LogP contribution is 2.24. The number of hydrogen-bond donors (Lipinski definition) is 1. The summed E-state index contributed by atoms with van der Waals surface area (Å²) in [4.78, 5) is 14.6. The molecule has 0 spiro atoms. The van der Waals surface area contributed by atoms with Crippen LogP contribution in [0, 0.1) is 5.82 Å². The molecule has 0 saturated carbocycles. The molecule has 4 nitrogen and oxygen atoms in total. The smallest absolute Gasteiger partial charge is 0.253 e. The first-order valence-electron chi connectivity index (χ1n) is 7.14. The number of morpholine rings is 1. The summed E-state index contributed by atoms with van der Waals surface area (Å²) in [5, 5.41) is 3.12. The highest BCUT2D eigenvalue weighted by atomic mass is 35.5. The number of benzene rings is 1. The number of carbonyl (C=O) groups excluding carboxylic acids is 1. The molecule has 1 amide bonds. The maximum atomic E-state index is 13.0. The quantitative estimate of drug-likeness (QED) is 0.909. The topological polar surface area (TPSA) is 41.6 Å². The third-order valence-corrected chi connectivity index (χ3v) is 4.42. The number of fused-ring (bicyclic) bond motifs is 1. The van der Waals surface area contributed by atoms with E-state index in [-0.39, 0.29) is 23.1 Å². The molecular weight excluding hydrogens is 295 g/mol. The van der Waals surface area contributed by atoms with Gasteiger partial charge in [0, 0.05) is 25.2 Å². The van der Waals surface area contributed by atoms with Gasteiger partial charge in [-0.3, -0.25) is 9.69 Å². The van der Waals surface area contributed by atoms with Crippen molar-refractivity contribution in [1.29, 1.82) is 0 Å². The number of nitrogens with one attached hydrogen (secondary N) is 1. The van der Waals surface area contributed by atoms with Crippen LogP contribution in [-0.4, -0.2) is 48.7 Å². The van der Waals surface area contributed by atoms with Gasteiger partial charge < -0.3 is 10.1 Å². The van der Waals surface area contributed by atoms with Gasteiger partial charge in [-0.15, -0.1) is 0 Å². The summed E-state index contributed by atoms with van der Waals surface area (Å²) >= 11 is 5.92. The summed E-state index contributed by atoms with van der Waals surface area (Å²) in [6.07, 6.45) is 1.11. The zero-order valence-corrected chi connectivity index (χ0v) is 12.6. The monoisotopic (exact) mass is 312 g/mol. The van der Waals surface area contributed by atoms with E-state index in [2.05, 4.69) is 17.1 Å². The molecule has 2 aliphatic rings. The van der Waals surface area contributed by atoms with Crippen LogP contribution in [0.2, 0.25) is 5.02 Å². The van der Waals surface area contributed by atoms with Gasteiger partial charge in [0.25, 0.3) is 5.91 Å². The number of carbonyl (C=O) groups is 1. The van der Waals surface area contributed by atoms with Crippen molar-refractivity contribution >= 4 is 17.5 Å². The Morgan fingerprint density at radius 1 is 1.48 bits per heavy atom. The van der Waals surface area contributed by atoms with E-state index < -0.39 is 5.82 Å². The fourth-order valence-corrected chi connectivity index (χ4v) is 3.33. The molecule has 0 aliphatic carbocycles. The molecule has 21 heavy (non-hydrogen) atoms.